The molecule has 132 valence electrons. The van der Waals surface area contributed by atoms with Crippen LogP contribution in [0.4, 0.5) is 5.69 Å². The number of carbonyl (C=O) groups is 1. The first-order valence-electron chi connectivity index (χ1n) is 7.58. The molecule has 0 fully saturated rings. The smallest absolute Gasteiger partial charge is 0.269 e. The zero-order chi connectivity index (χ0) is 18.2. The Bertz CT molecular complexity index is 930. The monoisotopic (exact) mass is 380 g/mol. The summed E-state index contributed by atoms with van der Waals surface area (Å²) in [5.74, 6) is 0.218. The average molecular weight is 381 g/mol. The van der Waals surface area contributed by atoms with Crippen LogP contribution in [0.3, 0.4) is 0 Å². The number of fused-ring (bicyclic) bond motifs is 1. The number of amides is 1. The molecule has 0 bridgehead atoms. The van der Waals surface area contributed by atoms with Crippen molar-refractivity contribution in [3.8, 4) is 5.75 Å². The molecule has 3 rings (SSSR count). The zero-order valence-corrected chi connectivity index (χ0v) is 15.3. The van der Waals surface area contributed by atoms with Crippen molar-refractivity contribution in [1.29, 1.82) is 0 Å². The summed E-state index contributed by atoms with van der Waals surface area (Å²) < 4.78 is 32.9. The van der Waals surface area contributed by atoms with Gasteiger partial charge >= 0.3 is 0 Å². The molecule has 0 aromatic heterocycles. The van der Waals surface area contributed by atoms with E-state index in [-0.39, 0.29) is 17.3 Å². The lowest BCUT2D eigenvalue weighted by Crippen LogP contribution is -2.49. The molecule has 2 aromatic rings. The van der Waals surface area contributed by atoms with Crippen LogP contribution in [-0.2, 0) is 14.8 Å². The molecule has 1 amide bonds. The Morgan fingerprint density at radius 1 is 1.24 bits per heavy atom. The molecular formula is C17H17ClN2O4S. The van der Waals surface area contributed by atoms with Gasteiger partial charge in [-0.3, -0.25) is 4.79 Å². The van der Waals surface area contributed by atoms with Crippen LogP contribution >= 0.6 is 11.6 Å². The van der Waals surface area contributed by atoms with E-state index in [0.29, 0.717) is 16.5 Å². The molecule has 0 radical (unpaired) electrons. The Labute approximate surface area is 151 Å². The molecule has 2 aromatic carbocycles. The van der Waals surface area contributed by atoms with Crippen LogP contribution in [0, 0.1) is 6.92 Å². The maximum atomic E-state index is 12.4. The second-order valence-electron chi connectivity index (χ2n) is 5.73. The highest BCUT2D eigenvalue weighted by molar-refractivity contribution is 7.89. The summed E-state index contributed by atoms with van der Waals surface area (Å²) >= 11 is 5.99. The molecule has 6 nitrogen and oxygen atoms in total. The van der Waals surface area contributed by atoms with E-state index in [4.69, 9.17) is 16.3 Å². The van der Waals surface area contributed by atoms with E-state index in [1.54, 1.807) is 44.3 Å². The standard InChI is InChI=1S/C17H17ClN2O4S/c1-11-7-8-12(9-13(11)18)25(22,23)19-10-16-17(21)20(2)14-5-3-4-6-15(14)24-16/h3-9,16,19H,10H2,1-2H3. The minimum absolute atomic E-state index is 0.0418. The van der Waals surface area contributed by atoms with Crippen molar-refractivity contribution in [2.45, 2.75) is 17.9 Å². The van der Waals surface area contributed by atoms with Crippen molar-refractivity contribution in [2.75, 3.05) is 18.5 Å². The normalized spacial score (nSPS) is 17.2. The van der Waals surface area contributed by atoms with Gasteiger partial charge in [0.2, 0.25) is 10.0 Å². The number of ether oxygens (including phenoxy) is 1. The van der Waals surface area contributed by atoms with Crippen LogP contribution in [0.25, 0.3) is 0 Å². The molecule has 1 heterocycles. The van der Waals surface area contributed by atoms with E-state index in [2.05, 4.69) is 4.72 Å². The van der Waals surface area contributed by atoms with Gasteiger partial charge in [-0.1, -0.05) is 29.8 Å². The first-order valence-corrected chi connectivity index (χ1v) is 9.45. The number of nitrogens with one attached hydrogen (secondary N) is 1. The second kappa shape index (κ2) is 6.67. The van der Waals surface area contributed by atoms with E-state index in [1.807, 2.05) is 0 Å². The third-order valence-electron chi connectivity index (χ3n) is 4.01. The number of carbonyl (C=O) groups excluding carboxylic acids is 1. The minimum Gasteiger partial charge on any atom is -0.477 e. The maximum Gasteiger partial charge on any atom is 0.269 e. The summed E-state index contributed by atoms with van der Waals surface area (Å²) in [4.78, 5) is 13.9. The fraction of sp³-hybridized carbons (Fsp3) is 0.235. The van der Waals surface area contributed by atoms with Crippen LogP contribution in [0.1, 0.15) is 5.56 Å². The fourth-order valence-corrected chi connectivity index (χ4v) is 3.81. The number of benzene rings is 2. The van der Waals surface area contributed by atoms with E-state index in [0.717, 1.165) is 5.56 Å². The van der Waals surface area contributed by atoms with E-state index in [1.165, 1.54) is 17.0 Å². The summed E-state index contributed by atoms with van der Waals surface area (Å²) in [5.41, 5.74) is 1.43. The topological polar surface area (TPSA) is 75.7 Å². The van der Waals surface area contributed by atoms with Gasteiger partial charge in [0.25, 0.3) is 5.91 Å². The molecule has 1 aliphatic heterocycles. The van der Waals surface area contributed by atoms with Gasteiger partial charge in [-0.15, -0.1) is 0 Å². The predicted octanol–water partition coefficient (Wildman–Crippen LogP) is 2.35. The number of halogens is 1. The van der Waals surface area contributed by atoms with Crippen molar-refractivity contribution in [2.24, 2.45) is 0 Å². The summed E-state index contributed by atoms with van der Waals surface area (Å²) in [6.07, 6.45) is -0.935. The molecule has 25 heavy (non-hydrogen) atoms. The first kappa shape index (κ1) is 17.7. The van der Waals surface area contributed by atoms with Crippen molar-refractivity contribution < 1.29 is 17.9 Å². The number of hydrogen-bond donors (Lipinski definition) is 1. The van der Waals surface area contributed by atoms with Gasteiger partial charge in [0, 0.05) is 12.1 Å². The largest absolute Gasteiger partial charge is 0.477 e. The van der Waals surface area contributed by atoms with Gasteiger partial charge in [0.15, 0.2) is 6.10 Å². The number of aryl methyl sites for hydroxylation is 1. The van der Waals surface area contributed by atoms with Crippen LogP contribution < -0.4 is 14.4 Å². The highest BCUT2D eigenvalue weighted by Crippen LogP contribution is 2.32. The van der Waals surface area contributed by atoms with E-state index in [9.17, 15) is 13.2 Å². The second-order valence-corrected chi connectivity index (χ2v) is 7.91. The third kappa shape index (κ3) is 3.49. The van der Waals surface area contributed by atoms with Gasteiger partial charge in [0.1, 0.15) is 5.75 Å². The Hall–Kier alpha value is -2.09. The molecular weight excluding hydrogens is 364 g/mol. The van der Waals surface area contributed by atoms with Gasteiger partial charge in [-0.05, 0) is 36.8 Å². The highest BCUT2D eigenvalue weighted by Gasteiger charge is 2.33. The molecule has 0 saturated heterocycles. The van der Waals surface area contributed by atoms with Crippen molar-refractivity contribution in [3.63, 3.8) is 0 Å². The number of nitrogens with zero attached hydrogens (tertiary/aromatic N) is 1. The zero-order valence-electron chi connectivity index (χ0n) is 13.7. The molecule has 1 aliphatic rings. The molecule has 0 saturated carbocycles. The van der Waals surface area contributed by atoms with Gasteiger partial charge in [0.05, 0.1) is 17.1 Å². The minimum atomic E-state index is -3.80. The van der Waals surface area contributed by atoms with Crippen LogP contribution in [-0.4, -0.2) is 34.0 Å². The summed E-state index contributed by atoms with van der Waals surface area (Å²) in [6.45, 7) is 1.61. The lowest BCUT2D eigenvalue weighted by atomic mass is 10.2. The lowest BCUT2D eigenvalue weighted by molar-refractivity contribution is -0.125. The number of hydrogen-bond acceptors (Lipinski definition) is 4. The molecule has 0 aliphatic carbocycles. The number of para-hydroxylation sites is 2. The molecule has 1 N–H and O–H groups in total. The Morgan fingerprint density at radius 3 is 2.68 bits per heavy atom. The fourth-order valence-electron chi connectivity index (χ4n) is 2.51. The van der Waals surface area contributed by atoms with Gasteiger partial charge in [-0.2, -0.15) is 0 Å². The maximum absolute atomic E-state index is 12.4. The van der Waals surface area contributed by atoms with Crippen LogP contribution in [0.5, 0.6) is 5.75 Å². The molecule has 1 atom stereocenters. The number of likely N-dealkylation sites (N-methyl/N-ethyl adjacent to an activating group) is 1. The van der Waals surface area contributed by atoms with Gasteiger partial charge < -0.3 is 9.64 Å². The third-order valence-corrected chi connectivity index (χ3v) is 5.84. The average Bonchev–Trinajstić information content (AvgIpc) is 2.59. The molecule has 0 spiro atoms. The summed E-state index contributed by atoms with van der Waals surface area (Å²) in [7, 11) is -2.17. The van der Waals surface area contributed by atoms with Crippen molar-refractivity contribution in [1.82, 2.24) is 4.72 Å². The van der Waals surface area contributed by atoms with Crippen molar-refractivity contribution in [3.05, 3.63) is 53.1 Å². The summed E-state index contributed by atoms with van der Waals surface area (Å²) in [6, 6.07) is 11.6. The van der Waals surface area contributed by atoms with Crippen LogP contribution in [0.15, 0.2) is 47.4 Å². The number of anilines is 1. The summed E-state index contributed by atoms with van der Waals surface area (Å²) in [5, 5.41) is 0.363. The quantitative estimate of drug-likeness (QED) is 0.883. The van der Waals surface area contributed by atoms with Crippen LogP contribution in [0.2, 0.25) is 5.02 Å². The van der Waals surface area contributed by atoms with Crippen molar-refractivity contribution >= 4 is 33.2 Å². The Balaban J connectivity index is 1.77. The Morgan fingerprint density at radius 2 is 1.96 bits per heavy atom. The first-order chi connectivity index (χ1) is 11.8. The lowest BCUT2D eigenvalue weighted by Gasteiger charge is -2.31. The number of rotatable bonds is 4. The van der Waals surface area contributed by atoms with E-state index >= 15 is 0 Å². The molecule has 1 unspecified atom stereocenters. The Kier molecular flexibility index (Phi) is 4.73. The highest BCUT2D eigenvalue weighted by atomic mass is 35.5. The van der Waals surface area contributed by atoms with E-state index < -0.39 is 16.1 Å². The van der Waals surface area contributed by atoms with Gasteiger partial charge in [-0.25, -0.2) is 13.1 Å². The predicted molar refractivity (Wildman–Crippen MR) is 95.6 cm³/mol. The number of sulfonamides is 1. The molecule has 8 heteroatoms. The SMILES string of the molecule is Cc1ccc(S(=O)(=O)NCC2Oc3ccccc3N(C)C2=O)cc1Cl.